The van der Waals surface area contributed by atoms with E-state index < -0.39 is 5.97 Å². The number of nitrogens with zero attached hydrogens (tertiary/aromatic N) is 5. The number of carbonyl (C=O) groups is 1. The summed E-state index contributed by atoms with van der Waals surface area (Å²) in [5, 5.41) is 20.3. The predicted octanol–water partition coefficient (Wildman–Crippen LogP) is 2.66. The molecule has 0 bridgehead atoms. The van der Waals surface area contributed by atoms with E-state index >= 15 is 0 Å². The van der Waals surface area contributed by atoms with Gasteiger partial charge in [0.2, 0.25) is 5.95 Å². The van der Waals surface area contributed by atoms with E-state index in [-0.39, 0.29) is 5.56 Å². The molecular weight excluding hydrogens is 348 g/mol. The van der Waals surface area contributed by atoms with Crippen LogP contribution in [0.2, 0.25) is 0 Å². The highest BCUT2D eigenvalue weighted by Gasteiger charge is 2.11. The van der Waals surface area contributed by atoms with E-state index in [1.165, 1.54) is 12.1 Å². The number of hydrogen-bond acceptors (Lipinski definition) is 7. The Bertz CT molecular complexity index is 1140. The number of methoxy groups -OCH3 is 1. The first-order valence-corrected chi connectivity index (χ1v) is 7.97. The highest BCUT2D eigenvalue weighted by Crippen LogP contribution is 2.21. The molecule has 2 aromatic carbocycles. The summed E-state index contributed by atoms with van der Waals surface area (Å²) in [7, 11) is 1.59. The Morgan fingerprint density at radius 1 is 1.19 bits per heavy atom. The standard InChI is InChI=1S/C18H14N6O3/c1-27-14-7-3-6-13(9-14)24-16-15(22-23-24)10-19-18(21-16)20-12-5-2-4-11(8-12)17(25)26/h2-10H,1H3,(H,25,26)(H,19,20,21). The van der Waals surface area contributed by atoms with Gasteiger partial charge in [0.15, 0.2) is 11.2 Å². The minimum absolute atomic E-state index is 0.171. The van der Waals surface area contributed by atoms with Crippen LogP contribution >= 0.6 is 0 Å². The van der Waals surface area contributed by atoms with Gasteiger partial charge < -0.3 is 15.2 Å². The van der Waals surface area contributed by atoms with E-state index in [2.05, 4.69) is 25.6 Å². The van der Waals surface area contributed by atoms with Gasteiger partial charge in [-0.25, -0.2) is 9.78 Å². The summed E-state index contributed by atoms with van der Waals surface area (Å²) in [5.41, 5.74) is 2.52. The fourth-order valence-electron chi connectivity index (χ4n) is 2.56. The van der Waals surface area contributed by atoms with Crippen molar-refractivity contribution in [1.29, 1.82) is 0 Å². The second-order valence-corrected chi connectivity index (χ2v) is 5.62. The minimum atomic E-state index is -1.00. The number of aromatic nitrogens is 5. The lowest BCUT2D eigenvalue weighted by molar-refractivity contribution is 0.0697. The molecule has 0 saturated carbocycles. The topological polar surface area (TPSA) is 115 Å². The third-order valence-electron chi connectivity index (χ3n) is 3.86. The van der Waals surface area contributed by atoms with Gasteiger partial charge in [0, 0.05) is 11.8 Å². The van der Waals surface area contributed by atoms with Crippen LogP contribution in [0.1, 0.15) is 10.4 Å². The number of anilines is 2. The molecule has 0 fully saturated rings. The molecule has 0 atom stereocenters. The van der Waals surface area contributed by atoms with Crippen LogP contribution in [-0.2, 0) is 0 Å². The third kappa shape index (κ3) is 3.25. The van der Waals surface area contributed by atoms with Gasteiger partial charge in [0.25, 0.3) is 0 Å². The molecule has 0 unspecified atom stereocenters. The molecule has 4 aromatic rings. The molecule has 0 aliphatic rings. The average Bonchev–Trinajstić information content (AvgIpc) is 3.11. The van der Waals surface area contributed by atoms with Crippen LogP contribution in [0.4, 0.5) is 11.6 Å². The number of carboxylic acid groups (broad SMARTS) is 1. The summed E-state index contributed by atoms with van der Waals surface area (Å²) in [6, 6.07) is 13.8. The van der Waals surface area contributed by atoms with Crippen molar-refractivity contribution in [2.24, 2.45) is 0 Å². The van der Waals surface area contributed by atoms with Crippen molar-refractivity contribution in [2.75, 3.05) is 12.4 Å². The van der Waals surface area contributed by atoms with E-state index in [0.717, 1.165) is 5.69 Å². The number of rotatable bonds is 5. The van der Waals surface area contributed by atoms with Crippen LogP contribution in [0.25, 0.3) is 16.9 Å². The normalized spacial score (nSPS) is 10.7. The number of hydrogen-bond donors (Lipinski definition) is 2. The van der Waals surface area contributed by atoms with Crippen LogP contribution < -0.4 is 10.1 Å². The van der Waals surface area contributed by atoms with Gasteiger partial charge in [0.05, 0.1) is 24.6 Å². The first kappa shape index (κ1) is 16.5. The predicted molar refractivity (Wildman–Crippen MR) is 97.7 cm³/mol. The average molecular weight is 362 g/mol. The quantitative estimate of drug-likeness (QED) is 0.557. The Kier molecular flexibility index (Phi) is 4.09. The second kappa shape index (κ2) is 6.71. The van der Waals surface area contributed by atoms with Crippen molar-refractivity contribution < 1.29 is 14.6 Å². The molecule has 0 amide bonds. The molecular formula is C18H14N6O3. The number of aromatic carboxylic acids is 1. The Morgan fingerprint density at radius 3 is 2.85 bits per heavy atom. The largest absolute Gasteiger partial charge is 0.497 e. The Morgan fingerprint density at radius 2 is 2.04 bits per heavy atom. The summed E-state index contributed by atoms with van der Waals surface area (Å²) in [4.78, 5) is 19.8. The molecule has 4 rings (SSSR count). The van der Waals surface area contributed by atoms with Crippen molar-refractivity contribution >= 4 is 28.8 Å². The SMILES string of the molecule is COc1cccc(-n2nnc3cnc(Nc4cccc(C(=O)O)c4)nc32)c1. The summed E-state index contributed by atoms with van der Waals surface area (Å²) in [6.45, 7) is 0. The highest BCUT2D eigenvalue weighted by atomic mass is 16.5. The molecule has 0 saturated heterocycles. The number of fused-ring (bicyclic) bond motifs is 1. The molecule has 0 aliphatic carbocycles. The molecule has 0 radical (unpaired) electrons. The Balaban J connectivity index is 1.71. The maximum atomic E-state index is 11.1. The maximum Gasteiger partial charge on any atom is 0.335 e. The van der Waals surface area contributed by atoms with Crippen molar-refractivity contribution in [3.8, 4) is 11.4 Å². The Hall–Kier alpha value is -4.01. The van der Waals surface area contributed by atoms with E-state index in [1.54, 1.807) is 30.1 Å². The van der Waals surface area contributed by atoms with E-state index in [0.29, 0.717) is 28.5 Å². The molecule has 0 aliphatic heterocycles. The first-order chi connectivity index (χ1) is 13.1. The monoisotopic (exact) mass is 362 g/mol. The van der Waals surface area contributed by atoms with Crippen molar-refractivity contribution in [2.45, 2.75) is 0 Å². The smallest absolute Gasteiger partial charge is 0.335 e. The third-order valence-corrected chi connectivity index (χ3v) is 3.86. The zero-order chi connectivity index (χ0) is 18.8. The van der Waals surface area contributed by atoms with Gasteiger partial charge >= 0.3 is 5.97 Å². The van der Waals surface area contributed by atoms with Gasteiger partial charge in [-0.15, -0.1) is 5.10 Å². The van der Waals surface area contributed by atoms with Crippen molar-refractivity contribution in [1.82, 2.24) is 25.0 Å². The second-order valence-electron chi connectivity index (χ2n) is 5.62. The molecule has 134 valence electrons. The summed E-state index contributed by atoms with van der Waals surface area (Å²) < 4.78 is 6.83. The number of benzene rings is 2. The van der Waals surface area contributed by atoms with Crippen molar-refractivity contribution in [3.05, 3.63) is 60.3 Å². The Labute approximate surface area is 153 Å². The summed E-state index contributed by atoms with van der Waals surface area (Å²) >= 11 is 0. The molecule has 2 N–H and O–H groups in total. The zero-order valence-corrected chi connectivity index (χ0v) is 14.2. The lowest BCUT2D eigenvalue weighted by Crippen LogP contribution is -2.02. The van der Waals surface area contributed by atoms with E-state index in [9.17, 15) is 4.79 Å². The number of nitrogens with one attached hydrogen (secondary N) is 1. The molecule has 9 nitrogen and oxygen atoms in total. The van der Waals surface area contributed by atoms with Gasteiger partial charge in [-0.05, 0) is 30.3 Å². The number of carboxylic acids is 1. The fraction of sp³-hybridized carbons (Fsp3) is 0.0556. The van der Waals surface area contributed by atoms with Gasteiger partial charge in [-0.3, -0.25) is 0 Å². The maximum absolute atomic E-state index is 11.1. The lowest BCUT2D eigenvalue weighted by atomic mass is 10.2. The molecule has 2 aromatic heterocycles. The lowest BCUT2D eigenvalue weighted by Gasteiger charge is -2.07. The van der Waals surface area contributed by atoms with Crippen LogP contribution in [0.3, 0.4) is 0 Å². The van der Waals surface area contributed by atoms with Crippen LogP contribution in [-0.4, -0.2) is 43.1 Å². The number of ether oxygens (including phenoxy) is 1. The van der Waals surface area contributed by atoms with E-state index in [4.69, 9.17) is 9.84 Å². The van der Waals surface area contributed by atoms with Gasteiger partial charge in [-0.2, -0.15) is 9.67 Å². The zero-order valence-electron chi connectivity index (χ0n) is 14.2. The molecule has 2 heterocycles. The van der Waals surface area contributed by atoms with Crippen LogP contribution in [0, 0.1) is 0 Å². The molecule has 9 heteroatoms. The van der Waals surface area contributed by atoms with Crippen molar-refractivity contribution in [3.63, 3.8) is 0 Å². The van der Waals surface area contributed by atoms with Gasteiger partial charge in [0.1, 0.15) is 5.75 Å². The summed E-state index contributed by atoms with van der Waals surface area (Å²) in [6.07, 6.45) is 1.55. The highest BCUT2D eigenvalue weighted by molar-refractivity contribution is 5.89. The van der Waals surface area contributed by atoms with Crippen LogP contribution in [0.15, 0.2) is 54.7 Å². The fourth-order valence-corrected chi connectivity index (χ4v) is 2.56. The summed E-state index contributed by atoms with van der Waals surface area (Å²) in [5.74, 6) is -0.0131. The van der Waals surface area contributed by atoms with Crippen LogP contribution in [0.5, 0.6) is 5.75 Å². The molecule has 27 heavy (non-hydrogen) atoms. The van der Waals surface area contributed by atoms with Gasteiger partial charge in [-0.1, -0.05) is 17.3 Å². The first-order valence-electron chi connectivity index (χ1n) is 7.97. The van der Waals surface area contributed by atoms with E-state index in [1.807, 2.05) is 24.3 Å². The minimum Gasteiger partial charge on any atom is -0.497 e. The molecule has 0 spiro atoms.